The molecule has 1 atom stereocenters. The summed E-state index contributed by atoms with van der Waals surface area (Å²) in [6.07, 6.45) is 2.32. The molecular weight excluding hydrogens is 228 g/mol. The van der Waals surface area contributed by atoms with Gasteiger partial charge < -0.3 is 15.4 Å². The molecule has 1 aromatic carbocycles. The van der Waals surface area contributed by atoms with Crippen LogP contribution in [0, 0.1) is 0 Å². The summed E-state index contributed by atoms with van der Waals surface area (Å²) in [4.78, 5) is 10.9. The van der Waals surface area contributed by atoms with Crippen molar-refractivity contribution in [2.24, 2.45) is 0 Å². The van der Waals surface area contributed by atoms with Crippen LogP contribution in [0.3, 0.4) is 0 Å². The van der Waals surface area contributed by atoms with Gasteiger partial charge in [0.2, 0.25) is 5.91 Å². The molecule has 4 heteroatoms. The van der Waals surface area contributed by atoms with E-state index >= 15 is 0 Å². The number of rotatable bonds is 4. The Hall–Kier alpha value is -1.39. The zero-order valence-corrected chi connectivity index (χ0v) is 10.7. The Morgan fingerprint density at radius 1 is 1.39 bits per heavy atom. The van der Waals surface area contributed by atoms with E-state index in [0.717, 1.165) is 31.9 Å². The van der Waals surface area contributed by atoms with Crippen LogP contribution in [0.25, 0.3) is 0 Å². The first-order valence-electron chi connectivity index (χ1n) is 6.42. The highest BCUT2D eigenvalue weighted by Crippen LogP contribution is 2.11. The van der Waals surface area contributed by atoms with Crippen LogP contribution in [0.15, 0.2) is 24.3 Å². The molecule has 2 N–H and O–H groups in total. The molecule has 1 heterocycles. The lowest BCUT2D eigenvalue weighted by atomic mass is 10.1. The van der Waals surface area contributed by atoms with Gasteiger partial charge in [0, 0.05) is 31.8 Å². The number of carbonyl (C=O) groups is 1. The van der Waals surface area contributed by atoms with E-state index in [1.54, 1.807) is 0 Å². The zero-order valence-electron chi connectivity index (χ0n) is 10.7. The summed E-state index contributed by atoms with van der Waals surface area (Å²) in [5, 5.41) is 6.24. The molecule has 0 aromatic heterocycles. The van der Waals surface area contributed by atoms with Gasteiger partial charge in [0.15, 0.2) is 0 Å². The van der Waals surface area contributed by atoms with Crippen LogP contribution in [0.5, 0.6) is 0 Å². The van der Waals surface area contributed by atoms with Gasteiger partial charge in [-0.05, 0) is 30.5 Å². The van der Waals surface area contributed by atoms with E-state index in [0.29, 0.717) is 6.04 Å². The number of benzene rings is 1. The predicted octanol–water partition coefficient (Wildman–Crippen LogP) is 1.91. The summed E-state index contributed by atoms with van der Waals surface area (Å²) in [5.41, 5.74) is 2.06. The highest BCUT2D eigenvalue weighted by Gasteiger charge is 2.12. The Morgan fingerprint density at radius 3 is 2.78 bits per heavy atom. The summed E-state index contributed by atoms with van der Waals surface area (Å²) in [6.45, 7) is 4.06. The molecule has 0 radical (unpaired) electrons. The van der Waals surface area contributed by atoms with E-state index in [4.69, 9.17) is 4.74 Å². The van der Waals surface area contributed by atoms with E-state index in [1.165, 1.54) is 18.9 Å². The van der Waals surface area contributed by atoms with Crippen LogP contribution < -0.4 is 10.6 Å². The molecule has 4 nitrogen and oxygen atoms in total. The third-order valence-corrected chi connectivity index (χ3v) is 3.03. The number of amides is 1. The number of carbonyl (C=O) groups excluding carboxylic acids is 1. The van der Waals surface area contributed by atoms with Crippen LogP contribution in [0.1, 0.15) is 25.3 Å². The summed E-state index contributed by atoms with van der Waals surface area (Å²) in [7, 11) is 0. The Kier molecular flexibility index (Phi) is 4.73. The second-order valence-corrected chi connectivity index (χ2v) is 4.67. The highest BCUT2D eigenvalue weighted by molar-refractivity contribution is 5.88. The Morgan fingerprint density at radius 2 is 2.17 bits per heavy atom. The second kappa shape index (κ2) is 6.52. The van der Waals surface area contributed by atoms with E-state index < -0.39 is 0 Å². The van der Waals surface area contributed by atoms with Gasteiger partial charge >= 0.3 is 0 Å². The largest absolute Gasteiger partial charge is 0.380 e. The molecule has 98 valence electrons. The monoisotopic (exact) mass is 248 g/mol. The Bertz CT molecular complexity index is 383. The van der Waals surface area contributed by atoms with Crippen molar-refractivity contribution in [3.8, 4) is 0 Å². The smallest absolute Gasteiger partial charge is 0.221 e. The minimum absolute atomic E-state index is 0.0415. The lowest BCUT2D eigenvalue weighted by Gasteiger charge is -2.23. The number of hydrogen-bond acceptors (Lipinski definition) is 3. The first-order chi connectivity index (χ1) is 8.74. The van der Waals surface area contributed by atoms with Gasteiger partial charge in [-0.1, -0.05) is 12.1 Å². The molecule has 1 aliphatic rings. The molecular formula is C14H20N2O2. The van der Waals surface area contributed by atoms with E-state index in [1.807, 2.05) is 24.3 Å². The summed E-state index contributed by atoms with van der Waals surface area (Å²) in [5.74, 6) is -0.0415. The van der Waals surface area contributed by atoms with E-state index in [9.17, 15) is 4.79 Å². The van der Waals surface area contributed by atoms with Gasteiger partial charge in [0.1, 0.15) is 0 Å². The number of nitrogens with one attached hydrogen (secondary N) is 2. The zero-order chi connectivity index (χ0) is 12.8. The van der Waals surface area contributed by atoms with Gasteiger partial charge in [-0.2, -0.15) is 0 Å². The van der Waals surface area contributed by atoms with Crippen LogP contribution in [0.2, 0.25) is 0 Å². The number of hydrogen-bond donors (Lipinski definition) is 2. The van der Waals surface area contributed by atoms with Crippen molar-refractivity contribution in [2.75, 3.05) is 18.5 Å². The Labute approximate surface area is 108 Å². The first-order valence-corrected chi connectivity index (χ1v) is 6.42. The Balaban J connectivity index is 1.80. The topological polar surface area (TPSA) is 50.4 Å². The summed E-state index contributed by atoms with van der Waals surface area (Å²) in [6, 6.07) is 8.38. The molecule has 2 rings (SSSR count). The molecule has 0 bridgehead atoms. The predicted molar refractivity (Wildman–Crippen MR) is 71.4 cm³/mol. The minimum Gasteiger partial charge on any atom is -0.380 e. The van der Waals surface area contributed by atoms with Gasteiger partial charge in [-0.25, -0.2) is 0 Å². The second-order valence-electron chi connectivity index (χ2n) is 4.67. The maximum Gasteiger partial charge on any atom is 0.221 e. The fraction of sp³-hybridized carbons (Fsp3) is 0.500. The van der Waals surface area contributed by atoms with Gasteiger partial charge in [-0.3, -0.25) is 4.79 Å². The van der Waals surface area contributed by atoms with Crippen molar-refractivity contribution >= 4 is 11.6 Å². The molecule has 1 amide bonds. The third-order valence-electron chi connectivity index (χ3n) is 3.03. The average Bonchev–Trinajstić information content (AvgIpc) is 2.38. The quantitative estimate of drug-likeness (QED) is 0.856. The van der Waals surface area contributed by atoms with Gasteiger partial charge in [0.05, 0.1) is 6.61 Å². The normalized spacial score (nSPS) is 19.5. The van der Waals surface area contributed by atoms with E-state index in [-0.39, 0.29) is 5.91 Å². The molecule has 1 unspecified atom stereocenters. The molecule has 1 aliphatic heterocycles. The first kappa shape index (κ1) is 13.1. The maximum absolute atomic E-state index is 10.9. The van der Waals surface area contributed by atoms with Crippen LogP contribution >= 0.6 is 0 Å². The molecule has 18 heavy (non-hydrogen) atoms. The van der Waals surface area contributed by atoms with Crippen LogP contribution in [-0.2, 0) is 16.1 Å². The fourth-order valence-corrected chi connectivity index (χ4v) is 2.07. The summed E-state index contributed by atoms with van der Waals surface area (Å²) < 4.78 is 5.42. The van der Waals surface area contributed by atoms with E-state index in [2.05, 4.69) is 10.6 Å². The number of ether oxygens (including phenoxy) is 1. The van der Waals surface area contributed by atoms with Crippen molar-refractivity contribution in [3.05, 3.63) is 29.8 Å². The molecule has 1 aromatic rings. The SMILES string of the molecule is CC(=O)Nc1ccc(CNC2CCCOC2)cc1. The third kappa shape index (κ3) is 4.13. The molecule has 0 spiro atoms. The summed E-state index contributed by atoms with van der Waals surface area (Å²) >= 11 is 0. The van der Waals surface area contributed by atoms with Crippen molar-refractivity contribution in [2.45, 2.75) is 32.4 Å². The van der Waals surface area contributed by atoms with Crippen molar-refractivity contribution in [3.63, 3.8) is 0 Å². The molecule has 0 aliphatic carbocycles. The number of anilines is 1. The highest BCUT2D eigenvalue weighted by atomic mass is 16.5. The van der Waals surface area contributed by atoms with Crippen molar-refractivity contribution < 1.29 is 9.53 Å². The van der Waals surface area contributed by atoms with Gasteiger partial charge in [-0.15, -0.1) is 0 Å². The van der Waals surface area contributed by atoms with Crippen LogP contribution in [-0.4, -0.2) is 25.2 Å². The van der Waals surface area contributed by atoms with Crippen molar-refractivity contribution in [1.82, 2.24) is 5.32 Å². The average molecular weight is 248 g/mol. The lowest BCUT2D eigenvalue weighted by Crippen LogP contribution is -2.36. The fourth-order valence-electron chi connectivity index (χ4n) is 2.07. The molecule has 0 saturated carbocycles. The van der Waals surface area contributed by atoms with Crippen LogP contribution in [0.4, 0.5) is 5.69 Å². The maximum atomic E-state index is 10.9. The standard InChI is InChI=1S/C14H20N2O2/c1-11(17)16-13-6-4-12(5-7-13)9-15-14-3-2-8-18-10-14/h4-7,14-15H,2-3,8-10H2,1H3,(H,16,17). The van der Waals surface area contributed by atoms with Crippen molar-refractivity contribution in [1.29, 1.82) is 0 Å². The van der Waals surface area contributed by atoms with Gasteiger partial charge in [0.25, 0.3) is 0 Å². The molecule has 1 fully saturated rings. The molecule has 1 saturated heterocycles. The minimum atomic E-state index is -0.0415. The lowest BCUT2D eigenvalue weighted by molar-refractivity contribution is -0.114.